The van der Waals surface area contributed by atoms with Crippen molar-refractivity contribution in [3.63, 3.8) is 0 Å². The van der Waals surface area contributed by atoms with Crippen molar-refractivity contribution in [1.29, 1.82) is 0 Å². The molecule has 2 unspecified atom stereocenters. The second-order valence-corrected chi connectivity index (χ2v) is 7.49. The molecule has 1 aromatic heterocycles. The molecule has 0 bridgehead atoms. The van der Waals surface area contributed by atoms with Gasteiger partial charge in [0.1, 0.15) is 5.01 Å². The van der Waals surface area contributed by atoms with E-state index in [9.17, 15) is 0 Å². The number of aromatic nitrogens is 1. The zero-order valence-corrected chi connectivity index (χ0v) is 13.8. The van der Waals surface area contributed by atoms with Crippen LogP contribution in [-0.2, 0) is 5.54 Å². The van der Waals surface area contributed by atoms with Crippen molar-refractivity contribution in [2.75, 3.05) is 0 Å². The Bertz CT molecular complexity index is 411. The second-order valence-electron chi connectivity index (χ2n) is 6.63. The van der Waals surface area contributed by atoms with Crippen LogP contribution in [0.2, 0.25) is 0 Å². The van der Waals surface area contributed by atoms with Crippen LogP contribution in [0.5, 0.6) is 0 Å². The van der Waals surface area contributed by atoms with Crippen LogP contribution in [0.4, 0.5) is 0 Å². The fourth-order valence-electron chi connectivity index (χ4n) is 3.21. The Labute approximate surface area is 122 Å². The smallest absolute Gasteiger partial charge is 0.113 e. The third kappa shape index (κ3) is 3.19. The van der Waals surface area contributed by atoms with Crippen LogP contribution in [0, 0.1) is 5.92 Å². The van der Waals surface area contributed by atoms with Gasteiger partial charge in [0.25, 0.3) is 0 Å². The van der Waals surface area contributed by atoms with E-state index in [1.165, 1.54) is 36.4 Å². The van der Waals surface area contributed by atoms with Gasteiger partial charge < -0.3 is 5.32 Å². The highest BCUT2D eigenvalue weighted by atomic mass is 32.1. The van der Waals surface area contributed by atoms with E-state index < -0.39 is 0 Å². The molecular formula is C16H28N2S. The summed E-state index contributed by atoms with van der Waals surface area (Å²) in [6.07, 6.45) is 5.14. The highest BCUT2D eigenvalue weighted by molar-refractivity contribution is 7.09. The summed E-state index contributed by atoms with van der Waals surface area (Å²) in [7, 11) is 0. The van der Waals surface area contributed by atoms with Gasteiger partial charge in [0.05, 0.1) is 11.2 Å². The van der Waals surface area contributed by atoms with Crippen molar-refractivity contribution in [3.05, 3.63) is 16.1 Å². The van der Waals surface area contributed by atoms with Gasteiger partial charge in [0.15, 0.2) is 0 Å². The largest absolute Gasteiger partial charge is 0.303 e. The number of hydrogen-bond donors (Lipinski definition) is 1. The molecule has 1 fully saturated rings. The maximum Gasteiger partial charge on any atom is 0.113 e. The third-order valence-electron chi connectivity index (χ3n) is 4.28. The van der Waals surface area contributed by atoms with Crippen LogP contribution in [0.25, 0.3) is 0 Å². The predicted octanol–water partition coefficient (Wildman–Crippen LogP) is 4.67. The Hall–Kier alpha value is -0.410. The van der Waals surface area contributed by atoms with Crippen LogP contribution < -0.4 is 5.32 Å². The Kier molecular flexibility index (Phi) is 4.67. The molecule has 1 aromatic rings. The molecule has 2 atom stereocenters. The lowest BCUT2D eigenvalue weighted by Gasteiger charge is -2.31. The van der Waals surface area contributed by atoms with Gasteiger partial charge in [-0.2, -0.15) is 0 Å². The van der Waals surface area contributed by atoms with E-state index in [1.54, 1.807) is 0 Å². The first kappa shape index (κ1) is 15.0. The maximum atomic E-state index is 4.94. The third-order valence-corrected chi connectivity index (χ3v) is 5.35. The summed E-state index contributed by atoms with van der Waals surface area (Å²) in [5, 5.41) is 7.41. The maximum absolute atomic E-state index is 4.94. The summed E-state index contributed by atoms with van der Waals surface area (Å²) >= 11 is 1.85. The number of thiazole rings is 1. The Morgan fingerprint density at radius 2 is 2.16 bits per heavy atom. The highest BCUT2D eigenvalue weighted by Crippen LogP contribution is 2.45. The molecule has 0 aromatic carbocycles. The molecule has 3 heteroatoms. The number of nitrogens with zero attached hydrogens (tertiary/aromatic N) is 1. The average molecular weight is 280 g/mol. The van der Waals surface area contributed by atoms with E-state index in [0.29, 0.717) is 12.0 Å². The second kappa shape index (κ2) is 5.92. The van der Waals surface area contributed by atoms with Crippen LogP contribution in [0.15, 0.2) is 5.38 Å². The van der Waals surface area contributed by atoms with Gasteiger partial charge in [-0.15, -0.1) is 11.3 Å². The summed E-state index contributed by atoms with van der Waals surface area (Å²) < 4.78 is 0. The molecule has 0 spiro atoms. The van der Waals surface area contributed by atoms with E-state index in [4.69, 9.17) is 4.98 Å². The summed E-state index contributed by atoms with van der Waals surface area (Å²) in [6, 6.07) is 0.516. The van der Waals surface area contributed by atoms with Crippen LogP contribution in [0.3, 0.4) is 0 Å². The van der Waals surface area contributed by atoms with E-state index in [2.05, 4.69) is 45.3 Å². The molecule has 1 aliphatic rings. The predicted molar refractivity (Wildman–Crippen MR) is 83.8 cm³/mol. The standard InChI is InChI=1S/C16H28N2S/c1-6-13-7-8-16(9-13,18-12(4)5)15-17-14(10-19-15)11(2)3/h10-13,18H,6-9H2,1-5H3. The van der Waals surface area contributed by atoms with Gasteiger partial charge in [-0.25, -0.2) is 4.98 Å². The van der Waals surface area contributed by atoms with Crippen molar-refractivity contribution in [2.24, 2.45) is 5.92 Å². The normalized spacial score (nSPS) is 27.6. The lowest BCUT2D eigenvalue weighted by molar-refractivity contribution is 0.297. The van der Waals surface area contributed by atoms with Crippen LogP contribution >= 0.6 is 11.3 Å². The van der Waals surface area contributed by atoms with Gasteiger partial charge in [-0.3, -0.25) is 0 Å². The molecule has 19 heavy (non-hydrogen) atoms. The minimum Gasteiger partial charge on any atom is -0.303 e. The Morgan fingerprint density at radius 3 is 2.63 bits per heavy atom. The molecule has 0 radical (unpaired) electrons. The van der Waals surface area contributed by atoms with Crippen molar-refractivity contribution >= 4 is 11.3 Å². The van der Waals surface area contributed by atoms with Gasteiger partial charge in [-0.05, 0) is 44.9 Å². The minimum atomic E-state index is 0.145. The molecule has 1 aliphatic carbocycles. The summed E-state index contributed by atoms with van der Waals surface area (Å²) in [4.78, 5) is 4.94. The number of nitrogens with one attached hydrogen (secondary N) is 1. The first-order valence-electron chi connectivity index (χ1n) is 7.70. The van der Waals surface area contributed by atoms with Gasteiger partial charge in [0, 0.05) is 11.4 Å². The number of rotatable bonds is 5. The fraction of sp³-hybridized carbons (Fsp3) is 0.812. The van der Waals surface area contributed by atoms with Gasteiger partial charge in [-0.1, -0.05) is 27.2 Å². The van der Waals surface area contributed by atoms with Crippen molar-refractivity contribution in [3.8, 4) is 0 Å². The molecule has 2 nitrogen and oxygen atoms in total. The lowest BCUT2D eigenvalue weighted by Crippen LogP contribution is -2.44. The highest BCUT2D eigenvalue weighted by Gasteiger charge is 2.42. The summed E-state index contributed by atoms with van der Waals surface area (Å²) in [5.41, 5.74) is 1.40. The van der Waals surface area contributed by atoms with Crippen molar-refractivity contribution in [1.82, 2.24) is 10.3 Å². The van der Waals surface area contributed by atoms with Crippen molar-refractivity contribution < 1.29 is 0 Å². The van der Waals surface area contributed by atoms with E-state index in [1.807, 2.05) is 11.3 Å². The van der Waals surface area contributed by atoms with E-state index in [-0.39, 0.29) is 5.54 Å². The Morgan fingerprint density at radius 1 is 1.42 bits per heavy atom. The zero-order valence-electron chi connectivity index (χ0n) is 13.0. The Balaban J connectivity index is 2.27. The van der Waals surface area contributed by atoms with Crippen molar-refractivity contribution in [2.45, 2.75) is 77.8 Å². The van der Waals surface area contributed by atoms with Crippen LogP contribution in [0.1, 0.15) is 76.9 Å². The molecule has 2 rings (SSSR count). The fourth-order valence-corrected chi connectivity index (χ4v) is 4.39. The quantitative estimate of drug-likeness (QED) is 0.848. The monoisotopic (exact) mass is 280 g/mol. The lowest BCUT2D eigenvalue weighted by atomic mass is 9.94. The molecule has 0 amide bonds. The SMILES string of the molecule is CCC1CCC(NC(C)C)(c2nc(C(C)C)cs2)C1. The summed E-state index contributed by atoms with van der Waals surface area (Å²) in [6.45, 7) is 11.3. The number of hydrogen-bond acceptors (Lipinski definition) is 3. The summed E-state index contributed by atoms with van der Waals surface area (Å²) in [5.74, 6) is 1.39. The molecule has 1 saturated carbocycles. The molecule has 1 N–H and O–H groups in total. The molecular weight excluding hydrogens is 252 g/mol. The first-order chi connectivity index (χ1) is 8.97. The zero-order chi connectivity index (χ0) is 14.0. The molecule has 0 saturated heterocycles. The minimum absolute atomic E-state index is 0.145. The van der Waals surface area contributed by atoms with Crippen LogP contribution in [-0.4, -0.2) is 11.0 Å². The topological polar surface area (TPSA) is 24.9 Å². The van der Waals surface area contributed by atoms with E-state index >= 15 is 0 Å². The molecule has 0 aliphatic heterocycles. The van der Waals surface area contributed by atoms with Gasteiger partial charge in [0.2, 0.25) is 0 Å². The average Bonchev–Trinajstić information content (AvgIpc) is 2.94. The van der Waals surface area contributed by atoms with E-state index in [0.717, 1.165) is 5.92 Å². The first-order valence-corrected chi connectivity index (χ1v) is 8.58. The van der Waals surface area contributed by atoms with Gasteiger partial charge >= 0.3 is 0 Å². The molecule has 1 heterocycles. The molecule has 108 valence electrons.